The summed E-state index contributed by atoms with van der Waals surface area (Å²) in [4.78, 5) is 6.75. The van der Waals surface area contributed by atoms with Crippen molar-refractivity contribution in [3.05, 3.63) is 0 Å². The van der Waals surface area contributed by atoms with E-state index >= 15 is 0 Å². The number of hydrogen-bond acceptors (Lipinski definition) is 3. The van der Waals surface area contributed by atoms with Gasteiger partial charge in [0.05, 0.1) is 13.2 Å². The molecule has 0 amide bonds. The van der Waals surface area contributed by atoms with Gasteiger partial charge in [0.25, 0.3) is 0 Å². The van der Waals surface area contributed by atoms with Crippen molar-refractivity contribution in [1.29, 1.82) is 0 Å². The summed E-state index contributed by atoms with van der Waals surface area (Å²) < 4.78 is 4.99. The average Bonchev–Trinajstić information content (AvgIpc) is 2.66. The third kappa shape index (κ3) is 3.09. The van der Waals surface area contributed by atoms with Gasteiger partial charge in [0.1, 0.15) is 0 Å². The van der Waals surface area contributed by atoms with Crippen LogP contribution in [0.2, 0.25) is 0 Å². The highest BCUT2D eigenvalue weighted by Crippen LogP contribution is 2.25. The van der Waals surface area contributed by atoms with Crippen molar-refractivity contribution < 1.29 is 4.74 Å². The molecule has 0 spiro atoms. The standard InChI is InChI=1S/C11H24N4O/c1-4-10-6-5-9(2)15(10)11(14-12)13-7-8-16-3/h9-10H,4-8,12H2,1-3H3,(H,13,14). The second-order valence-electron chi connectivity index (χ2n) is 4.24. The van der Waals surface area contributed by atoms with Crippen molar-refractivity contribution in [3.63, 3.8) is 0 Å². The number of guanidine groups is 1. The molecule has 1 rings (SSSR count). The third-order valence-electron chi connectivity index (χ3n) is 3.19. The van der Waals surface area contributed by atoms with Crippen LogP contribution in [0.15, 0.2) is 4.99 Å². The first kappa shape index (κ1) is 13.3. The minimum absolute atomic E-state index is 0.516. The molecule has 0 bridgehead atoms. The molecular weight excluding hydrogens is 204 g/mol. The van der Waals surface area contributed by atoms with E-state index in [4.69, 9.17) is 10.6 Å². The smallest absolute Gasteiger partial charge is 0.208 e. The summed E-state index contributed by atoms with van der Waals surface area (Å²) in [5, 5.41) is 0. The van der Waals surface area contributed by atoms with Crippen molar-refractivity contribution in [3.8, 4) is 0 Å². The van der Waals surface area contributed by atoms with E-state index in [1.54, 1.807) is 7.11 Å². The minimum Gasteiger partial charge on any atom is -0.383 e. The van der Waals surface area contributed by atoms with Crippen LogP contribution in [0.4, 0.5) is 0 Å². The zero-order valence-corrected chi connectivity index (χ0v) is 10.6. The van der Waals surface area contributed by atoms with E-state index < -0.39 is 0 Å². The second-order valence-corrected chi connectivity index (χ2v) is 4.24. The number of ether oxygens (including phenoxy) is 1. The van der Waals surface area contributed by atoms with Gasteiger partial charge in [-0.1, -0.05) is 6.92 Å². The fourth-order valence-corrected chi connectivity index (χ4v) is 2.30. The SMILES string of the molecule is CCC1CCC(C)N1C(=NCCOC)NN. The van der Waals surface area contributed by atoms with Crippen LogP contribution in [-0.2, 0) is 4.74 Å². The Bertz CT molecular complexity index is 232. The molecule has 0 aromatic rings. The Morgan fingerprint density at radius 2 is 2.31 bits per heavy atom. The lowest BCUT2D eigenvalue weighted by molar-refractivity contribution is 0.207. The van der Waals surface area contributed by atoms with E-state index in [1.807, 2.05) is 0 Å². The highest BCUT2D eigenvalue weighted by atomic mass is 16.5. The van der Waals surface area contributed by atoms with Gasteiger partial charge in [-0.3, -0.25) is 5.43 Å². The molecule has 2 atom stereocenters. The lowest BCUT2D eigenvalue weighted by atomic mass is 10.2. The zero-order valence-electron chi connectivity index (χ0n) is 10.6. The summed E-state index contributed by atoms with van der Waals surface area (Å²) in [6, 6.07) is 1.08. The van der Waals surface area contributed by atoms with Crippen molar-refractivity contribution in [2.45, 2.75) is 45.2 Å². The molecule has 16 heavy (non-hydrogen) atoms. The number of nitrogens with one attached hydrogen (secondary N) is 1. The van der Waals surface area contributed by atoms with Gasteiger partial charge in [0, 0.05) is 19.2 Å². The molecule has 0 saturated carbocycles. The Balaban J connectivity index is 2.65. The highest BCUT2D eigenvalue weighted by Gasteiger charge is 2.31. The Hall–Kier alpha value is -0.810. The Morgan fingerprint density at radius 1 is 1.56 bits per heavy atom. The van der Waals surface area contributed by atoms with Crippen LogP contribution in [0.1, 0.15) is 33.1 Å². The Labute approximate surface area is 98.0 Å². The van der Waals surface area contributed by atoms with Gasteiger partial charge >= 0.3 is 0 Å². The van der Waals surface area contributed by atoms with E-state index in [0.717, 1.165) is 12.4 Å². The highest BCUT2D eigenvalue weighted by molar-refractivity contribution is 5.80. The summed E-state index contributed by atoms with van der Waals surface area (Å²) >= 11 is 0. The van der Waals surface area contributed by atoms with Crippen molar-refractivity contribution >= 4 is 5.96 Å². The number of hydrazine groups is 1. The molecule has 5 heteroatoms. The number of hydrogen-bond donors (Lipinski definition) is 2. The molecule has 1 heterocycles. The van der Waals surface area contributed by atoms with Gasteiger partial charge in [-0.15, -0.1) is 0 Å². The molecule has 1 saturated heterocycles. The van der Waals surface area contributed by atoms with Gasteiger partial charge in [0.15, 0.2) is 0 Å². The van der Waals surface area contributed by atoms with Crippen molar-refractivity contribution in [2.75, 3.05) is 20.3 Å². The lowest BCUT2D eigenvalue weighted by Gasteiger charge is -2.30. The first-order chi connectivity index (χ1) is 7.74. The predicted octanol–water partition coefficient (Wildman–Crippen LogP) is 0.715. The molecule has 0 aromatic heterocycles. The Morgan fingerprint density at radius 3 is 2.88 bits per heavy atom. The first-order valence-electron chi connectivity index (χ1n) is 6.02. The van der Waals surface area contributed by atoms with Crippen LogP contribution >= 0.6 is 0 Å². The summed E-state index contributed by atoms with van der Waals surface area (Å²) in [6.07, 6.45) is 3.57. The largest absolute Gasteiger partial charge is 0.383 e. The van der Waals surface area contributed by atoms with Gasteiger partial charge in [0.2, 0.25) is 5.96 Å². The number of likely N-dealkylation sites (tertiary alicyclic amines) is 1. The molecule has 3 N–H and O–H groups in total. The maximum atomic E-state index is 5.55. The normalized spacial score (nSPS) is 26.2. The number of nitrogens with two attached hydrogens (primary N) is 1. The summed E-state index contributed by atoms with van der Waals surface area (Å²) in [6.45, 7) is 5.71. The molecule has 0 radical (unpaired) electrons. The number of nitrogens with zero attached hydrogens (tertiary/aromatic N) is 2. The van der Waals surface area contributed by atoms with Crippen molar-refractivity contribution in [2.24, 2.45) is 10.8 Å². The van der Waals surface area contributed by atoms with E-state index in [1.165, 1.54) is 12.8 Å². The monoisotopic (exact) mass is 228 g/mol. The fourth-order valence-electron chi connectivity index (χ4n) is 2.30. The van der Waals surface area contributed by atoms with E-state index in [-0.39, 0.29) is 0 Å². The van der Waals surface area contributed by atoms with Gasteiger partial charge < -0.3 is 9.64 Å². The summed E-state index contributed by atoms with van der Waals surface area (Å²) in [5.74, 6) is 6.35. The zero-order chi connectivity index (χ0) is 12.0. The van der Waals surface area contributed by atoms with Crippen LogP contribution in [0, 0.1) is 0 Å². The predicted molar refractivity (Wildman–Crippen MR) is 66.1 cm³/mol. The first-order valence-corrected chi connectivity index (χ1v) is 6.02. The summed E-state index contributed by atoms with van der Waals surface area (Å²) in [7, 11) is 1.68. The van der Waals surface area contributed by atoms with Gasteiger partial charge in [-0.05, 0) is 26.2 Å². The van der Waals surface area contributed by atoms with Crippen molar-refractivity contribution in [1.82, 2.24) is 10.3 Å². The average molecular weight is 228 g/mol. The molecule has 0 aromatic carbocycles. The lowest BCUT2D eigenvalue weighted by Crippen LogP contribution is -2.49. The molecule has 1 aliphatic rings. The Kier molecular flexibility index (Phi) is 5.55. The van der Waals surface area contributed by atoms with Crippen LogP contribution in [0.25, 0.3) is 0 Å². The van der Waals surface area contributed by atoms with Crippen LogP contribution in [0.3, 0.4) is 0 Å². The maximum Gasteiger partial charge on any atom is 0.208 e. The topological polar surface area (TPSA) is 62.9 Å². The second kappa shape index (κ2) is 6.70. The maximum absolute atomic E-state index is 5.55. The van der Waals surface area contributed by atoms with E-state index in [0.29, 0.717) is 25.2 Å². The fraction of sp³-hybridized carbons (Fsp3) is 0.909. The molecule has 94 valence electrons. The number of rotatable bonds is 4. The van der Waals surface area contributed by atoms with Crippen LogP contribution < -0.4 is 11.3 Å². The third-order valence-corrected chi connectivity index (χ3v) is 3.19. The van der Waals surface area contributed by atoms with E-state index in [9.17, 15) is 0 Å². The van der Waals surface area contributed by atoms with Crippen LogP contribution in [0.5, 0.6) is 0 Å². The minimum atomic E-state index is 0.516. The molecule has 1 fully saturated rings. The molecular formula is C11H24N4O. The molecule has 1 aliphatic heterocycles. The molecule has 5 nitrogen and oxygen atoms in total. The quantitative estimate of drug-likeness (QED) is 0.245. The summed E-state index contributed by atoms with van der Waals surface area (Å²) in [5.41, 5.74) is 2.72. The molecule has 0 aliphatic carbocycles. The van der Waals surface area contributed by atoms with Crippen LogP contribution in [-0.4, -0.2) is 43.2 Å². The number of methoxy groups -OCH3 is 1. The molecule has 2 unspecified atom stereocenters. The number of aliphatic imine (C=N–C) groups is 1. The van der Waals surface area contributed by atoms with Gasteiger partial charge in [-0.25, -0.2) is 10.8 Å². The van der Waals surface area contributed by atoms with E-state index in [2.05, 4.69) is 29.2 Å². The van der Waals surface area contributed by atoms with Gasteiger partial charge in [-0.2, -0.15) is 0 Å².